The van der Waals surface area contributed by atoms with Gasteiger partial charge in [-0.05, 0) is 31.4 Å². The smallest absolute Gasteiger partial charge is 0.261 e. The summed E-state index contributed by atoms with van der Waals surface area (Å²) in [6.07, 6.45) is 0. The molecule has 22 heavy (non-hydrogen) atoms. The fourth-order valence-electron chi connectivity index (χ4n) is 2.13. The second-order valence-corrected chi connectivity index (χ2v) is 7.78. The number of carbonyl (C=O) groups excluding carboxylic acids is 1. The zero-order valence-corrected chi connectivity index (χ0v) is 14.9. The molecule has 0 bridgehead atoms. The number of hydrogen-bond acceptors (Lipinski definition) is 6. The minimum atomic E-state index is -0.0204. The van der Waals surface area contributed by atoms with Crippen LogP contribution in [0.3, 0.4) is 0 Å². The largest absolute Gasteiger partial charge is 0.349 e. The number of fused-ring (bicyclic) bond motifs is 1. The molecule has 7 heteroatoms. The van der Waals surface area contributed by atoms with Crippen LogP contribution in [0.4, 0.5) is 5.13 Å². The van der Waals surface area contributed by atoms with E-state index in [-0.39, 0.29) is 5.91 Å². The molecule has 1 N–H and O–H groups in total. The maximum absolute atomic E-state index is 12.2. The molecule has 0 aliphatic rings. The van der Waals surface area contributed by atoms with Crippen molar-refractivity contribution >= 4 is 54.6 Å². The first-order chi connectivity index (χ1) is 10.7. The number of thiazole rings is 1. The summed E-state index contributed by atoms with van der Waals surface area (Å²) in [4.78, 5) is 21.9. The molecule has 0 unspecified atom stereocenters. The topological polar surface area (TPSA) is 45.2 Å². The molecule has 0 saturated carbocycles. The van der Waals surface area contributed by atoms with Crippen LogP contribution >= 0.6 is 34.0 Å². The minimum Gasteiger partial charge on any atom is -0.349 e. The molecule has 0 aliphatic carbocycles. The van der Waals surface area contributed by atoms with E-state index in [1.165, 1.54) is 11.3 Å². The van der Waals surface area contributed by atoms with Gasteiger partial charge in [0.05, 0.1) is 16.1 Å². The molecule has 1 amide bonds. The molecule has 0 atom stereocenters. The fraction of sp³-hybridized carbons (Fsp3) is 0.333. The van der Waals surface area contributed by atoms with Crippen molar-refractivity contribution in [1.29, 1.82) is 0 Å². The van der Waals surface area contributed by atoms with Gasteiger partial charge < -0.3 is 10.2 Å². The number of rotatable bonds is 6. The van der Waals surface area contributed by atoms with Gasteiger partial charge in [-0.1, -0.05) is 17.4 Å². The van der Waals surface area contributed by atoms with Crippen molar-refractivity contribution in [3.05, 3.63) is 33.3 Å². The van der Waals surface area contributed by atoms with Crippen LogP contribution in [0.1, 0.15) is 28.4 Å². The van der Waals surface area contributed by atoms with Gasteiger partial charge in [-0.15, -0.1) is 22.7 Å². The normalized spacial score (nSPS) is 11.0. The highest BCUT2D eigenvalue weighted by Gasteiger charge is 2.15. The standard InChI is InChI=1S/C15H17N3OS3/c1-3-18(4-2)15-17-14-12(22-15)8-11(21-14)13(19)16-9-10-6-5-7-20-10/h5-8H,3-4,9H2,1-2H3,(H,16,19). The molecule has 0 spiro atoms. The Labute approximate surface area is 141 Å². The first-order valence-electron chi connectivity index (χ1n) is 7.17. The lowest BCUT2D eigenvalue weighted by molar-refractivity contribution is 0.0955. The third-order valence-electron chi connectivity index (χ3n) is 3.34. The van der Waals surface area contributed by atoms with Crippen LogP contribution < -0.4 is 10.2 Å². The second kappa shape index (κ2) is 6.76. The molecule has 3 heterocycles. The number of nitrogens with one attached hydrogen (secondary N) is 1. The fourth-order valence-corrected chi connectivity index (χ4v) is 5.03. The van der Waals surface area contributed by atoms with Crippen molar-refractivity contribution < 1.29 is 4.79 Å². The Balaban J connectivity index is 1.72. The van der Waals surface area contributed by atoms with Crippen LogP contribution in [0.2, 0.25) is 0 Å². The molecular formula is C15H17N3OS3. The lowest BCUT2D eigenvalue weighted by Gasteiger charge is -2.16. The summed E-state index contributed by atoms with van der Waals surface area (Å²) < 4.78 is 1.09. The number of amides is 1. The summed E-state index contributed by atoms with van der Waals surface area (Å²) in [6, 6.07) is 5.97. The monoisotopic (exact) mass is 351 g/mol. The number of aromatic nitrogens is 1. The van der Waals surface area contributed by atoms with Gasteiger partial charge in [0.2, 0.25) is 0 Å². The summed E-state index contributed by atoms with van der Waals surface area (Å²) in [7, 11) is 0. The van der Waals surface area contributed by atoms with Gasteiger partial charge in [0.15, 0.2) is 5.13 Å². The van der Waals surface area contributed by atoms with Gasteiger partial charge in [0.25, 0.3) is 5.91 Å². The van der Waals surface area contributed by atoms with Gasteiger partial charge in [0, 0.05) is 18.0 Å². The molecule has 3 rings (SSSR count). The molecule has 0 saturated heterocycles. The average Bonchev–Trinajstić information content (AvgIpc) is 3.21. The van der Waals surface area contributed by atoms with Crippen LogP contribution in [0.5, 0.6) is 0 Å². The van der Waals surface area contributed by atoms with E-state index in [2.05, 4.69) is 29.0 Å². The molecule has 0 aromatic carbocycles. The van der Waals surface area contributed by atoms with Crippen molar-refractivity contribution in [2.45, 2.75) is 20.4 Å². The van der Waals surface area contributed by atoms with Gasteiger partial charge in [-0.3, -0.25) is 4.79 Å². The van der Waals surface area contributed by atoms with E-state index in [1.807, 2.05) is 23.6 Å². The maximum Gasteiger partial charge on any atom is 0.261 e. The van der Waals surface area contributed by atoms with Crippen LogP contribution in [0.25, 0.3) is 9.53 Å². The molecule has 3 aromatic rings. The summed E-state index contributed by atoms with van der Waals surface area (Å²) >= 11 is 4.77. The van der Waals surface area contributed by atoms with Crippen LogP contribution in [-0.4, -0.2) is 24.0 Å². The first-order valence-corrected chi connectivity index (χ1v) is 9.68. The Morgan fingerprint density at radius 3 is 2.77 bits per heavy atom. The Morgan fingerprint density at radius 1 is 1.32 bits per heavy atom. The van der Waals surface area contributed by atoms with Crippen molar-refractivity contribution in [3.8, 4) is 0 Å². The van der Waals surface area contributed by atoms with Crippen molar-refractivity contribution in [2.75, 3.05) is 18.0 Å². The first kappa shape index (κ1) is 15.5. The summed E-state index contributed by atoms with van der Waals surface area (Å²) in [5.41, 5.74) is 0. The zero-order valence-electron chi connectivity index (χ0n) is 12.5. The number of thiophene rings is 2. The van der Waals surface area contributed by atoms with Crippen LogP contribution in [0, 0.1) is 0 Å². The molecule has 3 aromatic heterocycles. The highest BCUT2D eigenvalue weighted by molar-refractivity contribution is 7.29. The van der Waals surface area contributed by atoms with Crippen molar-refractivity contribution in [1.82, 2.24) is 10.3 Å². The summed E-state index contributed by atoms with van der Waals surface area (Å²) in [5, 5.41) is 6.01. The second-order valence-electron chi connectivity index (χ2n) is 4.71. The van der Waals surface area contributed by atoms with E-state index in [9.17, 15) is 4.79 Å². The predicted octanol–water partition coefficient (Wildman–Crippen LogP) is 4.20. The summed E-state index contributed by atoms with van der Waals surface area (Å²) in [6.45, 7) is 6.74. The van der Waals surface area contributed by atoms with Gasteiger partial charge in [-0.25, -0.2) is 4.98 Å². The van der Waals surface area contributed by atoms with Crippen LogP contribution in [0.15, 0.2) is 23.6 Å². The molecule has 0 aliphatic heterocycles. The Hall–Kier alpha value is -1.44. The van der Waals surface area contributed by atoms with E-state index >= 15 is 0 Å². The number of anilines is 1. The quantitative estimate of drug-likeness (QED) is 0.724. The molecule has 4 nitrogen and oxygen atoms in total. The van der Waals surface area contributed by atoms with Crippen molar-refractivity contribution in [2.24, 2.45) is 0 Å². The lowest BCUT2D eigenvalue weighted by Crippen LogP contribution is -2.21. The van der Waals surface area contributed by atoms with Gasteiger partial charge >= 0.3 is 0 Å². The Kier molecular flexibility index (Phi) is 4.75. The minimum absolute atomic E-state index is 0.0204. The SMILES string of the molecule is CCN(CC)c1nc2sc(C(=O)NCc3cccs3)cc2s1. The third kappa shape index (κ3) is 3.16. The van der Waals surface area contributed by atoms with E-state index in [4.69, 9.17) is 0 Å². The predicted molar refractivity (Wildman–Crippen MR) is 96.5 cm³/mol. The zero-order chi connectivity index (χ0) is 15.5. The number of carbonyl (C=O) groups is 1. The van der Waals surface area contributed by atoms with E-state index < -0.39 is 0 Å². The Morgan fingerprint density at radius 2 is 2.14 bits per heavy atom. The molecule has 116 valence electrons. The molecular weight excluding hydrogens is 334 g/mol. The third-order valence-corrected chi connectivity index (χ3v) is 6.44. The lowest BCUT2D eigenvalue weighted by atomic mass is 10.4. The molecule has 0 radical (unpaired) electrons. The van der Waals surface area contributed by atoms with Crippen molar-refractivity contribution in [3.63, 3.8) is 0 Å². The Bertz CT molecular complexity index is 725. The van der Waals surface area contributed by atoms with Gasteiger partial charge in [-0.2, -0.15) is 0 Å². The average molecular weight is 352 g/mol. The van der Waals surface area contributed by atoms with Crippen LogP contribution in [-0.2, 0) is 6.54 Å². The van der Waals surface area contributed by atoms with E-state index in [1.54, 1.807) is 22.7 Å². The van der Waals surface area contributed by atoms with E-state index in [0.717, 1.165) is 37.5 Å². The highest BCUT2D eigenvalue weighted by Crippen LogP contribution is 2.34. The number of nitrogens with zero attached hydrogens (tertiary/aromatic N) is 2. The highest BCUT2D eigenvalue weighted by atomic mass is 32.1. The van der Waals surface area contributed by atoms with Gasteiger partial charge in [0.1, 0.15) is 4.83 Å². The molecule has 0 fully saturated rings. The number of hydrogen-bond donors (Lipinski definition) is 1. The summed E-state index contributed by atoms with van der Waals surface area (Å²) in [5.74, 6) is -0.0204. The maximum atomic E-state index is 12.2. The van der Waals surface area contributed by atoms with E-state index in [0.29, 0.717) is 6.54 Å².